The second-order valence-corrected chi connectivity index (χ2v) is 4.59. The van der Waals surface area contributed by atoms with E-state index in [2.05, 4.69) is 21.5 Å². The minimum absolute atomic E-state index is 0.505. The fourth-order valence-electron chi connectivity index (χ4n) is 2.28. The number of hydrogen-bond acceptors (Lipinski definition) is 4. The van der Waals surface area contributed by atoms with E-state index in [-0.39, 0.29) is 0 Å². The summed E-state index contributed by atoms with van der Waals surface area (Å²) in [6.45, 7) is 4.81. The summed E-state index contributed by atoms with van der Waals surface area (Å²) in [5, 5.41) is 7.43. The van der Waals surface area contributed by atoms with Crippen molar-refractivity contribution < 1.29 is 4.74 Å². The molecule has 0 bridgehead atoms. The number of aryl methyl sites for hydroxylation is 1. The van der Waals surface area contributed by atoms with Crippen LogP contribution >= 0.6 is 0 Å². The lowest BCUT2D eigenvalue weighted by Crippen LogP contribution is -2.50. The molecule has 2 heterocycles. The summed E-state index contributed by atoms with van der Waals surface area (Å²) in [4.78, 5) is 2.51. The fourth-order valence-corrected chi connectivity index (χ4v) is 2.28. The SMILES string of the molecule is CNCC1COCCN1CCc1cnn(C)c1. The van der Waals surface area contributed by atoms with Crippen molar-refractivity contribution >= 4 is 0 Å². The highest BCUT2D eigenvalue weighted by Crippen LogP contribution is 2.08. The number of nitrogens with one attached hydrogen (secondary N) is 1. The molecular weight excluding hydrogens is 216 g/mol. The van der Waals surface area contributed by atoms with Gasteiger partial charge in [0.25, 0.3) is 0 Å². The van der Waals surface area contributed by atoms with E-state index >= 15 is 0 Å². The van der Waals surface area contributed by atoms with E-state index in [9.17, 15) is 0 Å². The van der Waals surface area contributed by atoms with Gasteiger partial charge < -0.3 is 10.1 Å². The highest BCUT2D eigenvalue weighted by molar-refractivity contribution is 5.04. The number of hydrogen-bond donors (Lipinski definition) is 1. The molecule has 1 aliphatic heterocycles. The van der Waals surface area contributed by atoms with E-state index in [1.807, 2.05) is 25.0 Å². The third-order valence-electron chi connectivity index (χ3n) is 3.24. The van der Waals surface area contributed by atoms with Gasteiger partial charge in [0.05, 0.1) is 19.4 Å². The summed E-state index contributed by atoms with van der Waals surface area (Å²) < 4.78 is 7.38. The van der Waals surface area contributed by atoms with Crippen LogP contribution in [0.3, 0.4) is 0 Å². The zero-order valence-corrected chi connectivity index (χ0v) is 10.7. The number of nitrogens with zero attached hydrogens (tertiary/aromatic N) is 3. The lowest BCUT2D eigenvalue weighted by Gasteiger charge is -2.35. The monoisotopic (exact) mass is 238 g/mol. The molecule has 1 N–H and O–H groups in total. The van der Waals surface area contributed by atoms with Gasteiger partial charge in [0, 0.05) is 38.9 Å². The molecule has 0 amide bonds. The Morgan fingerprint density at radius 2 is 2.47 bits per heavy atom. The summed E-state index contributed by atoms with van der Waals surface area (Å²) in [6.07, 6.45) is 5.11. The largest absolute Gasteiger partial charge is 0.378 e. The Bertz CT molecular complexity index is 337. The predicted octanol–water partition coefficient (Wildman–Crippen LogP) is -0.117. The van der Waals surface area contributed by atoms with E-state index in [0.717, 1.165) is 39.3 Å². The van der Waals surface area contributed by atoms with Crippen molar-refractivity contribution in [3.63, 3.8) is 0 Å². The molecule has 5 nitrogen and oxygen atoms in total. The first-order valence-electron chi connectivity index (χ1n) is 6.23. The van der Waals surface area contributed by atoms with Crippen molar-refractivity contribution in [3.8, 4) is 0 Å². The van der Waals surface area contributed by atoms with Crippen LogP contribution in [0.5, 0.6) is 0 Å². The minimum atomic E-state index is 0.505. The zero-order valence-electron chi connectivity index (χ0n) is 10.7. The van der Waals surface area contributed by atoms with Crippen LogP contribution < -0.4 is 5.32 Å². The maximum atomic E-state index is 5.52. The summed E-state index contributed by atoms with van der Waals surface area (Å²) in [6, 6.07) is 0.505. The molecule has 0 saturated carbocycles. The van der Waals surface area contributed by atoms with Gasteiger partial charge in [-0.2, -0.15) is 5.10 Å². The van der Waals surface area contributed by atoms with Crippen LogP contribution in [0.1, 0.15) is 5.56 Å². The fraction of sp³-hybridized carbons (Fsp3) is 0.750. The van der Waals surface area contributed by atoms with Crippen molar-refractivity contribution in [2.45, 2.75) is 12.5 Å². The maximum Gasteiger partial charge on any atom is 0.0634 e. The van der Waals surface area contributed by atoms with Gasteiger partial charge in [0.2, 0.25) is 0 Å². The Balaban J connectivity index is 1.83. The van der Waals surface area contributed by atoms with Gasteiger partial charge in [-0.15, -0.1) is 0 Å². The van der Waals surface area contributed by atoms with Crippen LogP contribution in [-0.2, 0) is 18.2 Å². The molecule has 17 heavy (non-hydrogen) atoms. The quantitative estimate of drug-likeness (QED) is 0.777. The first kappa shape index (κ1) is 12.5. The summed E-state index contributed by atoms with van der Waals surface area (Å²) >= 11 is 0. The number of rotatable bonds is 5. The number of morpholine rings is 1. The predicted molar refractivity (Wildman–Crippen MR) is 67.0 cm³/mol. The van der Waals surface area contributed by atoms with Crippen molar-refractivity contribution in [1.82, 2.24) is 20.0 Å². The van der Waals surface area contributed by atoms with Gasteiger partial charge in [-0.25, -0.2) is 0 Å². The molecule has 1 fully saturated rings. The van der Waals surface area contributed by atoms with Gasteiger partial charge in [-0.1, -0.05) is 0 Å². The second kappa shape index (κ2) is 6.14. The van der Waals surface area contributed by atoms with Crippen molar-refractivity contribution in [2.24, 2.45) is 7.05 Å². The molecule has 1 unspecified atom stereocenters. The third kappa shape index (κ3) is 3.52. The van der Waals surface area contributed by atoms with Crippen molar-refractivity contribution in [3.05, 3.63) is 18.0 Å². The summed E-state index contributed by atoms with van der Waals surface area (Å²) in [5.41, 5.74) is 1.31. The molecule has 1 saturated heterocycles. The highest BCUT2D eigenvalue weighted by atomic mass is 16.5. The lowest BCUT2D eigenvalue weighted by molar-refractivity contribution is -0.00556. The molecule has 0 aromatic carbocycles. The van der Waals surface area contributed by atoms with Gasteiger partial charge in [0.15, 0.2) is 0 Å². The summed E-state index contributed by atoms with van der Waals surface area (Å²) in [5.74, 6) is 0. The van der Waals surface area contributed by atoms with Crippen molar-refractivity contribution in [1.29, 1.82) is 0 Å². The average molecular weight is 238 g/mol. The number of aromatic nitrogens is 2. The van der Waals surface area contributed by atoms with E-state index in [4.69, 9.17) is 4.74 Å². The molecule has 2 rings (SSSR count). The number of ether oxygens (including phenoxy) is 1. The van der Waals surface area contributed by atoms with Gasteiger partial charge >= 0.3 is 0 Å². The van der Waals surface area contributed by atoms with Gasteiger partial charge in [-0.05, 0) is 19.0 Å². The van der Waals surface area contributed by atoms with Gasteiger partial charge in [0.1, 0.15) is 0 Å². The van der Waals surface area contributed by atoms with Crippen LogP contribution in [0.25, 0.3) is 0 Å². The Kier molecular flexibility index (Phi) is 4.53. The highest BCUT2D eigenvalue weighted by Gasteiger charge is 2.21. The lowest BCUT2D eigenvalue weighted by atomic mass is 10.2. The minimum Gasteiger partial charge on any atom is -0.378 e. The molecule has 5 heteroatoms. The van der Waals surface area contributed by atoms with Crippen LogP contribution in [0.2, 0.25) is 0 Å². The van der Waals surface area contributed by atoms with E-state index in [1.165, 1.54) is 5.56 Å². The van der Waals surface area contributed by atoms with E-state index in [0.29, 0.717) is 6.04 Å². The van der Waals surface area contributed by atoms with Crippen LogP contribution in [-0.4, -0.2) is 60.6 Å². The Labute approximate surface area is 103 Å². The Hall–Kier alpha value is -0.910. The molecule has 0 spiro atoms. The van der Waals surface area contributed by atoms with E-state index in [1.54, 1.807) is 0 Å². The Morgan fingerprint density at radius 3 is 3.18 bits per heavy atom. The topological polar surface area (TPSA) is 42.3 Å². The van der Waals surface area contributed by atoms with Crippen molar-refractivity contribution in [2.75, 3.05) is 39.9 Å². The third-order valence-corrected chi connectivity index (χ3v) is 3.24. The maximum absolute atomic E-state index is 5.52. The molecule has 1 aromatic rings. The summed E-state index contributed by atoms with van der Waals surface area (Å²) in [7, 11) is 3.95. The average Bonchev–Trinajstić information content (AvgIpc) is 2.74. The number of likely N-dealkylation sites (N-methyl/N-ethyl adjacent to an activating group) is 1. The molecule has 0 radical (unpaired) electrons. The molecular formula is C12H22N4O. The smallest absolute Gasteiger partial charge is 0.0634 e. The molecule has 1 atom stereocenters. The van der Waals surface area contributed by atoms with Crippen LogP contribution in [0.4, 0.5) is 0 Å². The Morgan fingerprint density at radius 1 is 1.59 bits per heavy atom. The zero-order chi connectivity index (χ0) is 12.1. The molecule has 1 aliphatic rings. The second-order valence-electron chi connectivity index (χ2n) is 4.59. The first-order chi connectivity index (χ1) is 8.29. The first-order valence-corrected chi connectivity index (χ1v) is 6.23. The van der Waals surface area contributed by atoms with E-state index < -0.39 is 0 Å². The van der Waals surface area contributed by atoms with Crippen LogP contribution in [0.15, 0.2) is 12.4 Å². The molecule has 0 aliphatic carbocycles. The molecule has 1 aromatic heterocycles. The standard InChI is InChI=1S/C12H22N4O/c1-13-8-12-10-17-6-5-16(12)4-3-11-7-14-15(2)9-11/h7,9,12-13H,3-6,8,10H2,1-2H3. The molecule has 96 valence electrons. The van der Waals surface area contributed by atoms with Crippen LogP contribution in [0, 0.1) is 0 Å². The van der Waals surface area contributed by atoms with Gasteiger partial charge in [-0.3, -0.25) is 9.58 Å². The normalized spacial score (nSPS) is 21.9.